The zero-order chi connectivity index (χ0) is 22.1. The van der Waals surface area contributed by atoms with Crippen molar-refractivity contribution in [2.24, 2.45) is 0 Å². The molecule has 0 saturated heterocycles. The minimum absolute atomic E-state index is 0.342. The van der Waals surface area contributed by atoms with Gasteiger partial charge in [-0.15, -0.1) is 0 Å². The Morgan fingerprint density at radius 2 is 1.90 bits per heavy atom. The van der Waals surface area contributed by atoms with Crippen molar-refractivity contribution < 1.29 is 22.7 Å². The standard InChI is InChI=1S/C22H28N2O5S/c1-15(24(30(5,26)27)16-9-7-6-8-10-16)21(25)23-19-14-22(2,3)29-20-12-11-17(28-4)13-18(19)20/h6-13,15,19H,14H2,1-5H3,(H,23,25)/t15-,19-/m1/s1. The van der Waals surface area contributed by atoms with Crippen LogP contribution < -0.4 is 19.1 Å². The van der Waals surface area contributed by atoms with Crippen LogP contribution in [0.1, 0.15) is 38.8 Å². The molecule has 7 nitrogen and oxygen atoms in total. The van der Waals surface area contributed by atoms with E-state index in [9.17, 15) is 13.2 Å². The topological polar surface area (TPSA) is 84.9 Å². The molecule has 0 spiro atoms. The molecule has 0 aliphatic carbocycles. The fraction of sp³-hybridized carbons (Fsp3) is 0.409. The number of rotatable bonds is 6. The summed E-state index contributed by atoms with van der Waals surface area (Å²) in [5.74, 6) is 0.945. The fourth-order valence-electron chi connectivity index (χ4n) is 3.76. The Balaban J connectivity index is 1.91. The lowest BCUT2D eigenvalue weighted by Gasteiger charge is -2.39. The smallest absolute Gasteiger partial charge is 0.244 e. The third kappa shape index (κ3) is 4.70. The van der Waals surface area contributed by atoms with Gasteiger partial charge in [-0.1, -0.05) is 18.2 Å². The normalized spacial score (nSPS) is 18.5. The van der Waals surface area contributed by atoms with E-state index in [4.69, 9.17) is 9.47 Å². The molecule has 1 N–H and O–H groups in total. The van der Waals surface area contributed by atoms with E-state index in [1.165, 1.54) is 0 Å². The summed E-state index contributed by atoms with van der Waals surface area (Å²) in [6, 6.07) is 12.8. The Kier molecular flexibility index (Phi) is 5.99. The number of hydrogen-bond donors (Lipinski definition) is 1. The maximum absolute atomic E-state index is 13.2. The van der Waals surface area contributed by atoms with Gasteiger partial charge in [0.2, 0.25) is 15.9 Å². The number of ether oxygens (including phenoxy) is 2. The molecule has 30 heavy (non-hydrogen) atoms. The van der Waals surface area contributed by atoms with E-state index in [2.05, 4.69) is 5.32 Å². The number of nitrogens with one attached hydrogen (secondary N) is 1. The summed E-state index contributed by atoms with van der Waals surface area (Å²) in [5.41, 5.74) is 0.760. The van der Waals surface area contributed by atoms with Crippen molar-refractivity contribution in [3.8, 4) is 11.5 Å². The highest BCUT2D eigenvalue weighted by atomic mass is 32.2. The number of nitrogens with zero attached hydrogens (tertiary/aromatic N) is 1. The highest BCUT2D eigenvalue weighted by Crippen LogP contribution is 2.41. The van der Waals surface area contributed by atoms with Crippen LogP contribution in [-0.4, -0.2) is 39.3 Å². The second-order valence-corrected chi connectivity index (χ2v) is 9.96. The molecule has 0 unspecified atom stereocenters. The Morgan fingerprint density at radius 3 is 2.50 bits per heavy atom. The molecule has 2 aromatic carbocycles. The maximum Gasteiger partial charge on any atom is 0.244 e. The number of sulfonamides is 1. The lowest BCUT2D eigenvalue weighted by molar-refractivity contribution is -0.123. The zero-order valence-corrected chi connectivity index (χ0v) is 18.7. The number of amides is 1. The van der Waals surface area contributed by atoms with Gasteiger partial charge >= 0.3 is 0 Å². The molecule has 0 aromatic heterocycles. The Hall–Kier alpha value is -2.74. The zero-order valence-electron chi connectivity index (χ0n) is 17.9. The molecular weight excluding hydrogens is 404 g/mol. The number of para-hydroxylation sites is 1. The second-order valence-electron chi connectivity index (χ2n) is 8.10. The van der Waals surface area contributed by atoms with E-state index in [1.807, 2.05) is 32.0 Å². The number of fused-ring (bicyclic) bond motifs is 1. The van der Waals surface area contributed by atoms with Gasteiger partial charge in [-0.25, -0.2) is 8.42 Å². The predicted octanol–water partition coefficient (Wildman–Crippen LogP) is 3.27. The summed E-state index contributed by atoms with van der Waals surface area (Å²) in [5, 5.41) is 3.02. The van der Waals surface area contributed by atoms with Crippen molar-refractivity contribution in [3.05, 3.63) is 54.1 Å². The first-order valence-corrected chi connectivity index (χ1v) is 11.6. The first kappa shape index (κ1) is 22.0. The van der Waals surface area contributed by atoms with Gasteiger partial charge in [0.15, 0.2) is 0 Å². The van der Waals surface area contributed by atoms with Crippen LogP contribution in [-0.2, 0) is 14.8 Å². The summed E-state index contributed by atoms with van der Waals surface area (Å²) < 4.78 is 37.4. The fourth-order valence-corrected chi connectivity index (χ4v) is 4.94. The minimum Gasteiger partial charge on any atom is -0.497 e. The van der Waals surface area contributed by atoms with Crippen molar-refractivity contribution >= 4 is 21.6 Å². The first-order chi connectivity index (χ1) is 14.0. The molecule has 2 atom stereocenters. The van der Waals surface area contributed by atoms with E-state index < -0.39 is 21.7 Å². The number of benzene rings is 2. The molecule has 3 rings (SSSR count). The summed E-state index contributed by atoms with van der Waals surface area (Å²) in [4.78, 5) is 13.2. The Morgan fingerprint density at radius 1 is 1.23 bits per heavy atom. The van der Waals surface area contributed by atoms with E-state index in [0.717, 1.165) is 16.1 Å². The Labute approximate surface area is 178 Å². The van der Waals surface area contributed by atoms with Gasteiger partial charge in [-0.05, 0) is 51.1 Å². The molecule has 162 valence electrons. The quantitative estimate of drug-likeness (QED) is 0.757. The molecule has 0 saturated carbocycles. The molecule has 1 aliphatic heterocycles. The van der Waals surface area contributed by atoms with Crippen LogP contribution >= 0.6 is 0 Å². The maximum atomic E-state index is 13.2. The lowest BCUT2D eigenvalue weighted by atomic mass is 9.89. The molecule has 2 aromatic rings. The van der Waals surface area contributed by atoms with Crippen LogP contribution in [0.3, 0.4) is 0 Å². The number of anilines is 1. The van der Waals surface area contributed by atoms with Crippen molar-refractivity contribution in [3.63, 3.8) is 0 Å². The van der Waals surface area contributed by atoms with Crippen molar-refractivity contribution in [2.45, 2.75) is 44.9 Å². The SMILES string of the molecule is COc1ccc2c(c1)[C@H](NC(=O)[C@@H](C)N(c1ccccc1)S(C)(=O)=O)CC(C)(C)O2. The van der Waals surface area contributed by atoms with Crippen LogP contribution in [0.25, 0.3) is 0 Å². The Bertz CT molecular complexity index is 1020. The summed E-state index contributed by atoms with van der Waals surface area (Å²) in [7, 11) is -2.09. The van der Waals surface area contributed by atoms with Crippen molar-refractivity contribution in [1.29, 1.82) is 0 Å². The third-order valence-corrected chi connectivity index (χ3v) is 6.33. The number of carbonyl (C=O) groups excluding carboxylic acids is 1. The van der Waals surface area contributed by atoms with Crippen LogP contribution in [0.2, 0.25) is 0 Å². The van der Waals surface area contributed by atoms with E-state index in [0.29, 0.717) is 23.6 Å². The van der Waals surface area contributed by atoms with Gasteiger partial charge in [-0.2, -0.15) is 0 Å². The van der Waals surface area contributed by atoms with Crippen LogP contribution in [0.15, 0.2) is 48.5 Å². The van der Waals surface area contributed by atoms with Crippen LogP contribution in [0.5, 0.6) is 11.5 Å². The van der Waals surface area contributed by atoms with Gasteiger partial charge in [0.05, 0.1) is 25.1 Å². The van der Waals surface area contributed by atoms with Crippen molar-refractivity contribution in [2.75, 3.05) is 17.7 Å². The number of carbonyl (C=O) groups is 1. The highest BCUT2D eigenvalue weighted by molar-refractivity contribution is 7.92. The predicted molar refractivity (Wildman–Crippen MR) is 116 cm³/mol. The molecule has 1 heterocycles. The minimum atomic E-state index is -3.67. The summed E-state index contributed by atoms with van der Waals surface area (Å²) >= 11 is 0. The highest BCUT2D eigenvalue weighted by Gasteiger charge is 2.37. The lowest BCUT2D eigenvalue weighted by Crippen LogP contribution is -2.50. The summed E-state index contributed by atoms with van der Waals surface area (Å²) in [6.07, 6.45) is 1.64. The first-order valence-electron chi connectivity index (χ1n) is 9.73. The molecule has 1 aliphatic rings. The van der Waals surface area contributed by atoms with Gasteiger partial charge in [0.25, 0.3) is 0 Å². The van der Waals surface area contributed by atoms with Gasteiger partial charge in [0.1, 0.15) is 23.1 Å². The molecule has 8 heteroatoms. The molecule has 0 fully saturated rings. The number of hydrogen-bond acceptors (Lipinski definition) is 5. The third-order valence-electron chi connectivity index (χ3n) is 5.09. The number of methoxy groups -OCH3 is 1. The van der Waals surface area contributed by atoms with Gasteiger partial charge in [-0.3, -0.25) is 9.10 Å². The van der Waals surface area contributed by atoms with Crippen LogP contribution in [0, 0.1) is 0 Å². The van der Waals surface area contributed by atoms with Gasteiger partial charge in [0, 0.05) is 12.0 Å². The van der Waals surface area contributed by atoms with Gasteiger partial charge < -0.3 is 14.8 Å². The molecule has 1 amide bonds. The largest absolute Gasteiger partial charge is 0.497 e. The van der Waals surface area contributed by atoms with E-state index in [1.54, 1.807) is 44.4 Å². The second kappa shape index (κ2) is 8.18. The molecular formula is C22H28N2O5S. The average Bonchev–Trinajstić information content (AvgIpc) is 2.66. The average molecular weight is 433 g/mol. The van der Waals surface area contributed by atoms with Crippen LogP contribution in [0.4, 0.5) is 5.69 Å². The van der Waals surface area contributed by atoms with E-state index in [-0.39, 0.29) is 11.9 Å². The molecule has 0 bridgehead atoms. The van der Waals surface area contributed by atoms with E-state index >= 15 is 0 Å². The molecule has 0 radical (unpaired) electrons. The monoisotopic (exact) mass is 432 g/mol. The summed E-state index contributed by atoms with van der Waals surface area (Å²) in [6.45, 7) is 5.49. The van der Waals surface area contributed by atoms with Crippen molar-refractivity contribution in [1.82, 2.24) is 5.32 Å².